The SMILES string of the molecule is O=Cc1ccccc1-c1ccc(Br)nc1. The number of halogens is 1. The predicted molar refractivity (Wildman–Crippen MR) is 62.8 cm³/mol. The number of benzene rings is 1. The van der Waals surface area contributed by atoms with Gasteiger partial charge in [-0.25, -0.2) is 4.98 Å². The molecule has 0 aliphatic heterocycles. The molecular formula is C12H8BrNO. The standard InChI is InChI=1S/C12H8BrNO/c13-12-6-5-9(7-14-12)11-4-2-1-3-10(11)8-15/h1-8H. The highest BCUT2D eigenvalue weighted by atomic mass is 79.9. The highest BCUT2D eigenvalue weighted by Gasteiger charge is 2.03. The number of aldehydes is 1. The van der Waals surface area contributed by atoms with Gasteiger partial charge in [0.15, 0.2) is 6.29 Å². The Morgan fingerprint density at radius 3 is 2.60 bits per heavy atom. The monoisotopic (exact) mass is 261 g/mol. The zero-order chi connectivity index (χ0) is 10.7. The smallest absolute Gasteiger partial charge is 0.150 e. The van der Waals surface area contributed by atoms with Gasteiger partial charge in [0, 0.05) is 17.3 Å². The average molecular weight is 262 g/mol. The van der Waals surface area contributed by atoms with E-state index in [1.165, 1.54) is 0 Å². The van der Waals surface area contributed by atoms with Gasteiger partial charge < -0.3 is 0 Å². The van der Waals surface area contributed by atoms with Gasteiger partial charge in [-0.1, -0.05) is 30.3 Å². The molecule has 1 aromatic heterocycles. The average Bonchev–Trinajstić information content (AvgIpc) is 2.30. The zero-order valence-corrected chi connectivity index (χ0v) is 9.44. The Balaban J connectivity index is 2.53. The van der Waals surface area contributed by atoms with Crippen molar-refractivity contribution >= 4 is 22.2 Å². The number of pyridine rings is 1. The number of rotatable bonds is 2. The van der Waals surface area contributed by atoms with Crippen molar-refractivity contribution in [2.24, 2.45) is 0 Å². The van der Waals surface area contributed by atoms with Gasteiger partial charge in [0.25, 0.3) is 0 Å². The predicted octanol–water partition coefficient (Wildman–Crippen LogP) is 3.32. The summed E-state index contributed by atoms with van der Waals surface area (Å²) in [5.41, 5.74) is 2.54. The third-order valence-corrected chi connectivity index (χ3v) is 2.60. The molecule has 1 aromatic carbocycles. The van der Waals surface area contributed by atoms with E-state index in [0.29, 0.717) is 5.56 Å². The van der Waals surface area contributed by atoms with E-state index in [1.807, 2.05) is 30.3 Å². The van der Waals surface area contributed by atoms with Gasteiger partial charge in [-0.15, -0.1) is 0 Å². The molecule has 0 aliphatic carbocycles. The molecular weight excluding hydrogens is 254 g/mol. The van der Waals surface area contributed by atoms with E-state index in [4.69, 9.17) is 0 Å². The Morgan fingerprint density at radius 1 is 1.13 bits per heavy atom. The maximum atomic E-state index is 10.8. The molecule has 15 heavy (non-hydrogen) atoms. The lowest BCUT2D eigenvalue weighted by molar-refractivity contribution is 0.112. The molecule has 2 rings (SSSR count). The molecule has 0 N–H and O–H groups in total. The van der Waals surface area contributed by atoms with Gasteiger partial charge in [0.1, 0.15) is 4.60 Å². The molecule has 0 spiro atoms. The first-order valence-corrected chi connectivity index (χ1v) is 5.26. The van der Waals surface area contributed by atoms with Crippen LogP contribution in [-0.2, 0) is 0 Å². The minimum Gasteiger partial charge on any atom is -0.298 e. The molecule has 0 saturated heterocycles. The summed E-state index contributed by atoms with van der Waals surface area (Å²) >= 11 is 3.27. The Bertz CT molecular complexity index is 479. The molecule has 3 heteroatoms. The number of aromatic nitrogens is 1. The van der Waals surface area contributed by atoms with Crippen LogP contribution in [0.25, 0.3) is 11.1 Å². The van der Waals surface area contributed by atoms with Crippen molar-refractivity contribution in [2.45, 2.75) is 0 Å². The fraction of sp³-hybridized carbons (Fsp3) is 0. The second-order valence-electron chi connectivity index (χ2n) is 3.07. The van der Waals surface area contributed by atoms with E-state index in [-0.39, 0.29) is 0 Å². The normalized spacial score (nSPS) is 9.93. The van der Waals surface area contributed by atoms with Crippen LogP contribution in [-0.4, -0.2) is 11.3 Å². The molecule has 74 valence electrons. The Morgan fingerprint density at radius 2 is 1.93 bits per heavy atom. The third-order valence-electron chi connectivity index (χ3n) is 2.13. The third kappa shape index (κ3) is 2.13. The molecule has 0 fully saturated rings. The van der Waals surface area contributed by atoms with Gasteiger partial charge in [-0.2, -0.15) is 0 Å². The quantitative estimate of drug-likeness (QED) is 0.613. The van der Waals surface area contributed by atoms with Crippen LogP contribution >= 0.6 is 15.9 Å². The molecule has 0 bridgehead atoms. The molecule has 0 radical (unpaired) electrons. The number of carbonyl (C=O) groups is 1. The maximum Gasteiger partial charge on any atom is 0.150 e. The van der Waals surface area contributed by atoms with Gasteiger partial charge in [0.05, 0.1) is 0 Å². The maximum absolute atomic E-state index is 10.8. The van der Waals surface area contributed by atoms with Crippen LogP contribution in [0.3, 0.4) is 0 Å². The van der Waals surface area contributed by atoms with Crippen LogP contribution in [0.4, 0.5) is 0 Å². The van der Waals surface area contributed by atoms with Crippen molar-refractivity contribution < 1.29 is 4.79 Å². The highest BCUT2D eigenvalue weighted by molar-refractivity contribution is 9.10. The van der Waals surface area contributed by atoms with Gasteiger partial charge in [0.2, 0.25) is 0 Å². The molecule has 0 saturated carbocycles. The summed E-state index contributed by atoms with van der Waals surface area (Å²) in [6.45, 7) is 0. The second-order valence-corrected chi connectivity index (χ2v) is 3.89. The number of carbonyl (C=O) groups excluding carboxylic acids is 1. The Hall–Kier alpha value is -1.48. The summed E-state index contributed by atoms with van der Waals surface area (Å²) in [6.07, 6.45) is 2.60. The lowest BCUT2D eigenvalue weighted by atomic mass is 10.0. The van der Waals surface area contributed by atoms with Crippen molar-refractivity contribution in [1.82, 2.24) is 4.98 Å². The zero-order valence-electron chi connectivity index (χ0n) is 7.85. The van der Waals surface area contributed by atoms with E-state index in [2.05, 4.69) is 20.9 Å². The Labute approximate surface area is 96.1 Å². The van der Waals surface area contributed by atoms with Crippen LogP contribution in [0.5, 0.6) is 0 Å². The summed E-state index contributed by atoms with van der Waals surface area (Å²) in [5, 5.41) is 0. The summed E-state index contributed by atoms with van der Waals surface area (Å²) in [5.74, 6) is 0. The molecule has 1 heterocycles. The second kappa shape index (κ2) is 4.36. The van der Waals surface area contributed by atoms with Crippen molar-refractivity contribution in [3.05, 3.63) is 52.8 Å². The van der Waals surface area contributed by atoms with Crippen LogP contribution in [0.2, 0.25) is 0 Å². The summed E-state index contributed by atoms with van der Waals surface area (Å²) in [6, 6.07) is 11.2. The molecule has 2 aromatic rings. The van der Waals surface area contributed by atoms with Crippen molar-refractivity contribution in [2.75, 3.05) is 0 Å². The van der Waals surface area contributed by atoms with E-state index >= 15 is 0 Å². The number of nitrogens with zero attached hydrogens (tertiary/aromatic N) is 1. The van der Waals surface area contributed by atoms with E-state index in [9.17, 15) is 4.79 Å². The van der Waals surface area contributed by atoms with Gasteiger partial charge in [-0.05, 0) is 27.6 Å². The summed E-state index contributed by atoms with van der Waals surface area (Å²) in [4.78, 5) is 15.0. The fourth-order valence-corrected chi connectivity index (χ4v) is 1.63. The molecule has 0 amide bonds. The van der Waals surface area contributed by atoms with Crippen molar-refractivity contribution in [3.63, 3.8) is 0 Å². The van der Waals surface area contributed by atoms with Gasteiger partial charge in [-0.3, -0.25) is 4.79 Å². The van der Waals surface area contributed by atoms with Crippen molar-refractivity contribution in [3.8, 4) is 11.1 Å². The minimum absolute atomic E-state index is 0.682. The van der Waals surface area contributed by atoms with Crippen LogP contribution in [0.15, 0.2) is 47.2 Å². The van der Waals surface area contributed by atoms with Crippen LogP contribution in [0.1, 0.15) is 10.4 Å². The largest absolute Gasteiger partial charge is 0.298 e. The fourth-order valence-electron chi connectivity index (χ4n) is 1.40. The number of hydrogen-bond donors (Lipinski definition) is 0. The minimum atomic E-state index is 0.682. The molecule has 0 atom stereocenters. The first-order chi connectivity index (χ1) is 7.31. The summed E-state index contributed by atoms with van der Waals surface area (Å²) < 4.78 is 0.787. The van der Waals surface area contributed by atoms with Crippen LogP contribution < -0.4 is 0 Å². The van der Waals surface area contributed by atoms with E-state index in [0.717, 1.165) is 22.0 Å². The first-order valence-electron chi connectivity index (χ1n) is 4.47. The van der Waals surface area contributed by atoms with Crippen LogP contribution in [0, 0.1) is 0 Å². The van der Waals surface area contributed by atoms with Gasteiger partial charge >= 0.3 is 0 Å². The Kier molecular flexibility index (Phi) is 2.92. The topological polar surface area (TPSA) is 30.0 Å². The number of hydrogen-bond acceptors (Lipinski definition) is 2. The summed E-state index contributed by atoms with van der Waals surface area (Å²) in [7, 11) is 0. The van der Waals surface area contributed by atoms with E-state index in [1.54, 1.807) is 12.3 Å². The lowest BCUT2D eigenvalue weighted by Gasteiger charge is -2.03. The highest BCUT2D eigenvalue weighted by Crippen LogP contribution is 2.22. The van der Waals surface area contributed by atoms with Crippen molar-refractivity contribution in [1.29, 1.82) is 0 Å². The lowest BCUT2D eigenvalue weighted by Crippen LogP contribution is -1.87. The molecule has 2 nitrogen and oxygen atoms in total. The molecule has 0 unspecified atom stereocenters. The first kappa shape index (κ1) is 10.1. The molecule has 0 aliphatic rings. The van der Waals surface area contributed by atoms with E-state index < -0.39 is 0 Å².